The molecular formula is C5H11NO3S2. The minimum absolute atomic E-state index is 0. The number of carbonyl (C=O) groups excluding carboxylic acids is 1. The third-order valence-corrected chi connectivity index (χ3v) is 1.03. The highest BCUT2D eigenvalue weighted by atomic mass is 32.1. The zero-order valence-electron chi connectivity index (χ0n) is 6.00. The molecule has 0 aromatic heterocycles. The maximum atomic E-state index is 10.6. The van der Waals surface area contributed by atoms with Crippen molar-refractivity contribution in [1.82, 2.24) is 5.32 Å². The maximum absolute atomic E-state index is 10.6. The number of amides is 1. The van der Waals surface area contributed by atoms with E-state index in [0.29, 0.717) is 0 Å². The zero-order valence-corrected chi connectivity index (χ0v) is 7.89. The first-order valence-corrected chi connectivity index (χ1v) is 3.23. The predicted octanol–water partition coefficient (Wildman–Crippen LogP) is -0.382. The summed E-state index contributed by atoms with van der Waals surface area (Å²) in [5.74, 6) is -1.42. The van der Waals surface area contributed by atoms with Gasteiger partial charge in [-0.15, -0.1) is 0 Å². The minimum Gasteiger partial charge on any atom is -0.480 e. The van der Waals surface area contributed by atoms with Gasteiger partial charge in [0.2, 0.25) is 5.91 Å². The molecule has 6 heteroatoms. The fourth-order valence-corrected chi connectivity index (χ4v) is 0.402. The molecule has 0 rings (SSSR count). The molecule has 0 radical (unpaired) electrons. The van der Waals surface area contributed by atoms with Gasteiger partial charge in [-0.1, -0.05) is 0 Å². The van der Waals surface area contributed by atoms with Gasteiger partial charge in [0, 0.05) is 0 Å². The van der Waals surface area contributed by atoms with Gasteiger partial charge in [0.15, 0.2) is 0 Å². The van der Waals surface area contributed by atoms with Crippen LogP contribution in [0.3, 0.4) is 0 Å². The van der Waals surface area contributed by atoms with Gasteiger partial charge >= 0.3 is 5.97 Å². The Morgan fingerprint density at radius 2 is 2.09 bits per heavy atom. The second kappa shape index (κ2) is 6.36. The molecule has 1 amide bonds. The number of carboxylic acid groups (broad SMARTS) is 1. The van der Waals surface area contributed by atoms with E-state index in [0.717, 1.165) is 0 Å². The third-order valence-electron chi connectivity index (χ3n) is 0.793. The van der Waals surface area contributed by atoms with Crippen molar-refractivity contribution in [2.45, 2.75) is 12.2 Å². The first-order chi connectivity index (χ1) is 4.54. The monoisotopic (exact) mass is 197 g/mol. The number of thiol groups is 1. The van der Waals surface area contributed by atoms with E-state index >= 15 is 0 Å². The summed E-state index contributed by atoms with van der Waals surface area (Å²) >= 11 is 3.79. The van der Waals surface area contributed by atoms with Crippen LogP contribution in [0.2, 0.25) is 0 Å². The second-order valence-corrected chi connectivity index (χ2v) is 2.56. The molecule has 0 saturated carbocycles. The van der Waals surface area contributed by atoms with Crippen LogP contribution < -0.4 is 5.32 Å². The molecule has 1 unspecified atom stereocenters. The fraction of sp³-hybridized carbons (Fsp3) is 0.600. The van der Waals surface area contributed by atoms with Crippen molar-refractivity contribution >= 4 is 38.0 Å². The first-order valence-electron chi connectivity index (χ1n) is 2.71. The molecule has 2 N–H and O–H groups in total. The van der Waals surface area contributed by atoms with E-state index in [4.69, 9.17) is 5.11 Å². The van der Waals surface area contributed by atoms with Crippen molar-refractivity contribution in [3.8, 4) is 0 Å². The summed E-state index contributed by atoms with van der Waals surface area (Å²) in [5.41, 5.74) is 0. The Hall–Kier alpha value is -0.360. The van der Waals surface area contributed by atoms with Crippen LogP contribution in [0.4, 0.5) is 0 Å². The van der Waals surface area contributed by atoms with Gasteiger partial charge in [-0.25, -0.2) is 0 Å². The standard InChI is InChI=1S/C5H9NO3S.H2S/c1-3(10)5(9)6-2-4(7)8;/h3,10H,2H2,1H3,(H,6,9)(H,7,8);1H2. The molecule has 4 nitrogen and oxygen atoms in total. The van der Waals surface area contributed by atoms with Crippen LogP contribution in [0.1, 0.15) is 6.92 Å². The third kappa shape index (κ3) is 7.54. The molecule has 0 saturated heterocycles. The van der Waals surface area contributed by atoms with Crippen LogP contribution >= 0.6 is 26.1 Å². The Bertz CT molecular complexity index is 149. The van der Waals surface area contributed by atoms with Gasteiger partial charge in [-0.05, 0) is 6.92 Å². The molecule has 0 bridgehead atoms. The topological polar surface area (TPSA) is 66.4 Å². The highest BCUT2D eigenvalue weighted by Crippen LogP contribution is 1.89. The number of hydrogen-bond donors (Lipinski definition) is 3. The molecule has 0 fully saturated rings. The average molecular weight is 197 g/mol. The van der Waals surface area contributed by atoms with Gasteiger partial charge in [0.25, 0.3) is 0 Å². The van der Waals surface area contributed by atoms with E-state index < -0.39 is 11.2 Å². The van der Waals surface area contributed by atoms with Crippen LogP contribution in [-0.2, 0) is 9.59 Å². The van der Waals surface area contributed by atoms with Crippen molar-refractivity contribution < 1.29 is 14.7 Å². The Balaban J connectivity index is 0. The van der Waals surface area contributed by atoms with Crippen molar-refractivity contribution in [2.75, 3.05) is 6.54 Å². The van der Waals surface area contributed by atoms with Crippen LogP contribution in [0.5, 0.6) is 0 Å². The van der Waals surface area contributed by atoms with E-state index in [2.05, 4.69) is 17.9 Å². The minimum atomic E-state index is -1.05. The summed E-state index contributed by atoms with van der Waals surface area (Å²) in [6.07, 6.45) is 0. The summed E-state index contributed by atoms with van der Waals surface area (Å²) in [5, 5.41) is 9.81. The number of rotatable bonds is 3. The zero-order chi connectivity index (χ0) is 8.15. The Labute approximate surface area is 77.2 Å². The molecule has 66 valence electrons. The van der Waals surface area contributed by atoms with Crippen molar-refractivity contribution in [3.63, 3.8) is 0 Å². The van der Waals surface area contributed by atoms with E-state index in [9.17, 15) is 9.59 Å². The van der Waals surface area contributed by atoms with E-state index in [1.807, 2.05) is 0 Å². The maximum Gasteiger partial charge on any atom is 0.322 e. The lowest BCUT2D eigenvalue weighted by Gasteiger charge is -2.02. The molecule has 0 aromatic rings. The number of aliphatic carboxylic acids is 1. The summed E-state index contributed by atoms with van der Waals surface area (Å²) < 4.78 is 0. The van der Waals surface area contributed by atoms with Crippen LogP contribution in [0.25, 0.3) is 0 Å². The summed E-state index contributed by atoms with van der Waals surface area (Å²) in [6, 6.07) is 0. The normalized spacial score (nSPS) is 11.1. The summed E-state index contributed by atoms with van der Waals surface area (Å²) in [4.78, 5) is 20.5. The second-order valence-electron chi connectivity index (χ2n) is 1.79. The van der Waals surface area contributed by atoms with Gasteiger partial charge in [-0.2, -0.15) is 26.1 Å². The molecule has 11 heavy (non-hydrogen) atoms. The quantitative estimate of drug-likeness (QED) is 0.540. The van der Waals surface area contributed by atoms with Gasteiger partial charge < -0.3 is 10.4 Å². The Kier molecular flexibility index (Phi) is 7.65. The highest BCUT2D eigenvalue weighted by molar-refractivity contribution is 7.81. The van der Waals surface area contributed by atoms with Crippen LogP contribution in [-0.4, -0.2) is 28.8 Å². The molecule has 0 aromatic carbocycles. The van der Waals surface area contributed by atoms with Crippen molar-refractivity contribution in [2.24, 2.45) is 0 Å². The van der Waals surface area contributed by atoms with E-state index in [1.165, 1.54) is 0 Å². The van der Waals surface area contributed by atoms with Crippen molar-refractivity contribution in [3.05, 3.63) is 0 Å². The number of carboxylic acids is 1. The summed E-state index contributed by atoms with van der Waals surface area (Å²) in [7, 11) is 0. The molecule has 0 aliphatic carbocycles. The predicted molar refractivity (Wildman–Crippen MR) is 49.5 cm³/mol. The lowest BCUT2D eigenvalue weighted by molar-refractivity contribution is -0.137. The lowest BCUT2D eigenvalue weighted by Crippen LogP contribution is -2.33. The number of carbonyl (C=O) groups is 2. The molecule has 0 aliphatic heterocycles. The summed E-state index contributed by atoms with van der Waals surface area (Å²) in [6.45, 7) is 1.23. The number of nitrogens with one attached hydrogen (secondary N) is 1. The van der Waals surface area contributed by atoms with E-state index in [1.54, 1.807) is 6.92 Å². The molecule has 0 heterocycles. The van der Waals surface area contributed by atoms with Crippen LogP contribution in [0, 0.1) is 0 Å². The molecule has 1 atom stereocenters. The molecule has 0 spiro atoms. The SMILES string of the molecule is CC(S)C(=O)NCC(=O)O.S. The smallest absolute Gasteiger partial charge is 0.322 e. The fourth-order valence-electron chi connectivity index (χ4n) is 0.310. The average Bonchev–Trinajstić information content (AvgIpc) is 1.82. The molecular weight excluding hydrogens is 186 g/mol. The van der Waals surface area contributed by atoms with Crippen molar-refractivity contribution in [1.29, 1.82) is 0 Å². The van der Waals surface area contributed by atoms with Gasteiger partial charge in [0.1, 0.15) is 6.54 Å². The van der Waals surface area contributed by atoms with Crippen LogP contribution in [0.15, 0.2) is 0 Å². The number of hydrogen-bond acceptors (Lipinski definition) is 3. The van der Waals surface area contributed by atoms with Gasteiger partial charge in [0.05, 0.1) is 5.25 Å². The largest absolute Gasteiger partial charge is 0.480 e. The lowest BCUT2D eigenvalue weighted by atomic mass is 10.4. The van der Waals surface area contributed by atoms with Gasteiger partial charge in [-0.3, -0.25) is 9.59 Å². The Morgan fingerprint density at radius 3 is 2.36 bits per heavy atom. The Morgan fingerprint density at radius 1 is 1.64 bits per heavy atom. The first kappa shape index (κ1) is 13.2. The molecule has 0 aliphatic rings. The highest BCUT2D eigenvalue weighted by Gasteiger charge is 2.07. The van der Waals surface area contributed by atoms with E-state index in [-0.39, 0.29) is 25.9 Å².